The van der Waals surface area contributed by atoms with E-state index in [1.807, 2.05) is 0 Å². The predicted octanol–water partition coefficient (Wildman–Crippen LogP) is 3.25. The molecular formula is C8H8F3NS. The Bertz CT molecular complexity index is 315. The average Bonchev–Trinajstić information content (AvgIpc) is 2.03. The van der Waals surface area contributed by atoms with Crippen molar-refractivity contribution in [2.75, 3.05) is 0 Å². The number of nitrogens with one attached hydrogen (secondary N) is 1. The average molecular weight is 207 g/mol. The van der Waals surface area contributed by atoms with Crippen LogP contribution in [-0.2, 0) is 10.7 Å². The second-order valence-electron chi connectivity index (χ2n) is 2.56. The lowest BCUT2D eigenvalue weighted by atomic mass is 10.2. The number of aryl methyl sites for hydroxylation is 1. The van der Waals surface area contributed by atoms with E-state index in [9.17, 15) is 13.2 Å². The molecule has 13 heavy (non-hydrogen) atoms. The van der Waals surface area contributed by atoms with Crippen molar-refractivity contribution in [2.24, 2.45) is 0 Å². The van der Waals surface area contributed by atoms with Crippen LogP contribution in [0.2, 0.25) is 0 Å². The molecule has 1 atom stereocenters. The molecule has 0 saturated carbocycles. The Morgan fingerprint density at radius 3 is 2.00 bits per heavy atom. The molecule has 1 unspecified atom stereocenters. The summed E-state index contributed by atoms with van der Waals surface area (Å²) in [5.74, 6) is 0. The third-order valence-corrected chi connectivity index (χ3v) is 2.69. The molecule has 1 aromatic carbocycles. The quantitative estimate of drug-likeness (QED) is 0.730. The molecule has 1 aromatic rings. The molecule has 1 nitrogen and oxygen atoms in total. The van der Waals surface area contributed by atoms with Crippen LogP contribution < -0.4 is 0 Å². The van der Waals surface area contributed by atoms with E-state index >= 15 is 0 Å². The van der Waals surface area contributed by atoms with Crippen LogP contribution >= 0.6 is 0 Å². The molecule has 1 N–H and O–H groups in total. The van der Waals surface area contributed by atoms with Crippen LogP contribution in [0.4, 0.5) is 13.2 Å². The largest absolute Gasteiger partial charge is 0.456 e. The van der Waals surface area contributed by atoms with Gasteiger partial charge in [0.2, 0.25) is 0 Å². The molecule has 72 valence electrons. The van der Waals surface area contributed by atoms with Crippen molar-refractivity contribution in [2.45, 2.75) is 17.3 Å². The summed E-state index contributed by atoms with van der Waals surface area (Å²) in [6.45, 7) is 1.79. The lowest BCUT2D eigenvalue weighted by molar-refractivity contribution is -0.0360. The number of halogens is 3. The van der Waals surface area contributed by atoms with Crippen molar-refractivity contribution in [3.63, 3.8) is 0 Å². The minimum absolute atomic E-state index is 0.0121. The van der Waals surface area contributed by atoms with Gasteiger partial charge in [0.1, 0.15) is 0 Å². The number of alkyl halides is 3. The third-order valence-electron chi connectivity index (χ3n) is 1.49. The number of benzene rings is 1. The molecule has 0 amide bonds. The van der Waals surface area contributed by atoms with Gasteiger partial charge in [-0.1, -0.05) is 17.7 Å². The first-order valence-corrected chi connectivity index (χ1v) is 4.73. The second kappa shape index (κ2) is 3.49. The number of hydrogen-bond acceptors (Lipinski definition) is 1. The van der Waals surface area contributed by atoms with Crippen molar-refractivity contribution in [1.82, 2.24) is 0 Å². The smallest absolute Gasteiger partial charge is 0.268 e. The zero-order valence-electron chi connectivity index (χ0n) is 6.85. The van der Waals surface area contributed by atoms with Gasteiger partial charge in [-0.25, -0.2) is 0 Å². The van der Waals surface area contributed by atoms with Gasteiger partial charge in [0.05, 0.1) is 0 Å². The summed E-state index contributed by atoms with van der Waals surface area (Å²) in [6, 6.07) is 5.85. The minimum Gasteiger partial charge on any atom is -0.268 e. The highest BCUT2D eigenvalue weighted by atomic mass is 32.2. The van der Waals surface area contributed by atoms with Crippen LogP contribution in [-0.4, -0.2) is 5.51 Å². The van der Waals surface area contributed by atoms with E-state index in [0.29, 0.717) is 0 Å². The van der Waals surface area contributed by atoms with Crippen LogP contribution in [0.1, 0.15) is 5.56 Å². The predicted molar refractivity (Wildman–Crippen MR) is 45.6 cm³/mol. The molecule has 0 aliphatic carbocycles. The first-order chi connectivity index (χ1) is 5.91. The number of rotatable bonds is 1. The fraction of sp³-hybridized carbons (Fsp3) is 0.250. The maximum absolute atomic E-state index is 12.1. The van der Waals surface area contributed by atoms with Gasteiger partial charge in [0.15, 0.2) is 0 Å². The van der Waals surface area contributed by atoms with Crippen LogP contribution in [0.3, 0.4) is 0 Å². The van der Waals surface area contributed by atoms with E-state index in [4.69, 9.17) is 4.78 Å². The van der Waals surface area contributed by atoms with Gasteiger partial charge < -0.3 is 0 Å². The molecule has 1 rings (SSSR count). The van der Waals surface area contributed by atoms with Crippen molar-refractivity contribution in [1.29, 1.82) is 4.78 Å². The van der Waals surface area contributed by atoms with Crippen molar-refractivity contribution in [3.05, 3.63) is 29.8 Å². The summed E-state index contributed by atoms with van der Waals surface area (Å²) >= 11 is 0. The fourth-order valence-corrected chi connectivity index (χ4v) is 1.48. The van der Waals surface area contributed by atoms with E-state index in [2.05, 4.69) is 0 Å². The van der Waals surface area contributed by atoms with E-state index in [1.165, 1.54) is 12.1 Å². The van der Waals surface area contributed by atoms with Gasteiger partial charge in [0, 0.05) is 15.6 Å². The highest BCUT2D eigenvalue weighted by Gasteiger charge is 2.33. The van der Waals surface area contributed by atoms with E-state index in [1.54, 1.807) is 19.1 Å². The Morgan fingerprint density at radius 2 is 1.62 bits per heavy atom. The van der Waals surface area contributed by atoms with Crippen LogP contribution in [0.15, 0.2) is 29.2 Å². The van der Waals surface area contributed by atoms with Crippen LogP contribution in [0, 0.1) is 11.7 Å². The maximum Gasteiger partial charge on any atom is 0.456 e. The summed E-state index contributed by atoms with van der Waals surface area (Å²) < 4.78 is 43.1. The Hall–Kier alpha value is -0.840. The summed E-state index contributed by atoms with van der Waals surface area (Å²) in [4.78, 5) is 0.0121. The zero-order valence-corrected chi connectivity index (χ0v) is 7.67. The lowest BCUT2D eigenvalue weighted by Crippen LogP contribution is -2.14. The van der Waals surface area contributed by atoms with Gasteiger partial charge in [-0.05, 0) is 19.1 Å². The minimum atomic E-state index is -4.45. The van der Waals surface area contributed by atoms with Gasteiger partial charge in [-0.15, -0.1) is 0 Å². The van der Waals surface area contributed by atoms with Crippen molar-refractivity contribution in [3.8, 4) is 0 Å². The molecule has 0 radical (unpaired) electrons. The maximum atomic E-state index is 12.1. The molecule has 0 bridgehead atoms. The van der Waals surface area contributed by atoms with E-state index in [0.717, 1.165) is 5.56 Å². The SMILES string of the molecule is Cc1ccc(S(=N)C(F)(F)F)cc1. The normalized spacial score (nSPS) is 14.2. The lowest BCUT2D eigenvalue weighted by Gasteiger charge is -2.09. The molecule has 0 fully saturated rings. The Morgan fingerprint density at radius 1 is 1.15 bits per heavy atom. The van der Waals surface area contributed by atoms with E-state index < -0.39 is 16.2 Å². The second-order valence-corrected chi connectivity index (χ2v) is 4.11. The monoisotopic (exact) mass is 207 g/mol. The molecule has 5 heteroatoms. The third kappa shape index (κ3) is 2.55. The van der Waals surface area contributed by atoms with E-state index in [-0.39, 0.29) is 4.90 Å². The molecule has 0 aliphatic heterocycles. The summed E-state index contributed by atoms with van der Waals surface area (Å²) in [5.41, 5.74) is -3.56. The van der Waals surface area contributed by atoms with Gasteiger partial charge >= 0.3 is 5.51 Å². The van der Waals surface area contributed by atoms with Gasteiger partial charge in [-0.3, -0.25) is 4.78 Å². The molecule has 0 saturated heterocycles. The highest BCUT2D eigenvalue weighted by Crippen LogP contribution is 2.26. The van der Waals surface area contributed by atoms with Gasteiger partial charge in [0.25, 0.3) is 0 Å². The van der Waals surface area contributed by atoms with Crippen LogP contribution in [0.25, 0.3) is 0 Å². The molecule has 0 spiro atoms. The first kappa shape index (κ1) is 10.2. The molecule has 0 heterocycles. The Kier molecular flexibility index (Phi) is 2.75. The van der Waals surface area contributed by atoms with Crippen molar-refractivity contribution >= 4 is 10.7 Å². The van der Waals surface area contributed by atoms with Gasteiger partial charge in [-0.2, -0.15) is 13.2 Å². The molecular weight excluding hydrogens is 199 g/mol. The summed E-state index contributed by atoms with van der Waals surface area (Å²) in [6.07, 6.45) is 0. The Balaban J connectivity index is 2.97. The highest BCUT2D eigenvalue weighted by molar-refractivity contribution is 7.87. The topological polar surface area (TPSA) is 23.9 Å². The zero-order chi connectivity index (χ0) is 10.1. The summed E-state index contributed by atoms with van der Waals surface area (Å²) in [5, 5.41) is 0. The first-order valence-electron chi connectivity index (χ1n) is 3.50. The fourth-order valence-electron chi connectivity index (χ4n) is 0.808. The standard InChI is InChI=1S/C8H8F3NS/c1-6-2-4-7(5-3-6)13(12)8(9,10)11/h2-5,12H,1H3. The number of hydrogen-bond donors (Lipinski definition) is 1. The van der Waals surface area contributed by atoms with Crippen LogP contribution in [0.5, 0.6) is 0 Å². The summed E-state index contributed by atoms with van der Waals surface area (Å²) in [7, 11) is -2.41. The Labute approximate surface area is 76.5 Å². The molecule has 0 aliphatic rings. The molecule has 0 aromatic heterocycles. The van der Waals surface area contributed by atoms with Crippen molar-refractivity contribution < 1.29 is 13.2 Å².